The number of benzene rings is 1. The van der Waals surface area contributed by atoms with E-state index in [4.69, 9.17) is 9.40 Å². The molecule has 0 spiro atoms. The molecule has 26 heavy (non-hydrogen) atoms. The average molecular weight is 371 g/mol. The minimum atomic E-state index is -0.149. The van der Waals surface area contributed by atoms with Gasteiger partial charge in [0.05, 0.1) is 16.3 Å². The van der Waals surface area contributed by atoms with Gasteiger partial charge in [-0.1, -0.05) is 12.1 Å². The van der Waals surface area contributed by atoms with E-state index in [9.17, 15) is 4.39 Å². The summed E-state index contributed by atoms with van der Waals surface area (Å²) in [5.41, 5.74) is 1.69. The van der Waals surface area contributed by atoms with Crippen LogP contribution in [0.5, 0.6) is 0 Å². The van der Waals surface area contributed by atoms with Crippen LogP contribution in [0.1, 0.15) is 16.3 Å². The highest BCUT2D eigenvalue weighted by Crippen LogP contribution is 2.29. The Labute approximate surface area is 156 Å². The maximum absolute atomic E-state index is 14.0. The molecule has 2 aromatic heterocycles. The Hall–Kier alpha value is -2.18. The van der Waals surface area contributed by atoms with Gasteiger partial charge in [-0.25, -0.2) is 9.37 Å². The average Bonchev–Trinajstić information content (AvgIpc) is 3.22. The van der Waals surface area contributed by atoms with Crippen LogP contribution in [0.25, 0.3) is 10.8 Å². The fourth-order valence-corrected chi connectivity index (χ4v) is 4.09. The molecule has 1 aromatic carbocycles. The Balaban J connectivity index is 1.40. The smallest absolute Gasteiger partial charge is 0.236 e. The quantitative estimate of drug-likeness (QED) is 0.677. The topological polar surface area (TPSA) is 32.5 Å². The molecular weight excluding hydrogens is 349 g/mol. The van der Waals surface area contributed by atoms with Gasteiger partial charge in [-0.05, 0) is 38.1 Å². The lowest BCUT2D eigenvalue weighted by molar-refractivity contribution is 0.245. The molecule has 0 bridgehead atoms. The summed E-state index contributed by atoms with van der Waals surface area (Å²) in [6, 6.07) is 11.1. The van der Waals surface area contributed by atoms with Crippen molar-refractivity contribution in [2.75, 3.05) is 31.1 Å². The lowest BCUT2D eigenvalue weighted by Crippen LogP contribution is -2.46. The second kappa shape index (κ2) is 7.21. The predicted octanol–water partition coefficient (Wildman–Crippen LogP) is 4.48. The first-order valence-corrected chi connectivity index (χ1v) is 9.67. The Morgan fingerprint density at radius 3 is 2.54 bits per heavy atom. The summed E-state index contributed by atoms with van der Waals surface area (Å²) in [6.45, 7) is 8.22. The zero-order valence-electron chi connectivity index (χ0n) is 15.0. The number of thiophene rings is 1. The number of para-hydroxylation sites is 1. The third kappa shape index (κ3) is 3.52. The van der Waals surface area contributed by atoms with Crippen molar-refractivity contribution in [1.29, 1.82) is 0 Å². The summed E-state index contributed by atoms with van der Waals surface area (Å²) < 4.78 is 19.8. The van der Waals surface area contributed by atoms with E-state index < -0.39 is 0 Å². The van der Waals surface area contributed by atoms with Crippen molar-refractivity contribution in [3.8, 4) is 10.8 Å². The van der Waals surface area contributed by atoms with Gasteiger partial charge in [0.2, 0.25) is 5.89 Å². The SMILES string of the molecule is Cc1ccc(-c2nc(CN3CCN(c4ccccc4F)CC3)c(C)o2)s1. The van der Waals surface area contributed by atoms with Crippen molar-refractivity contribution < 1.29 is 8.81 Å². The zero-order valence-corrected chi connectivity index (χ0v) is 15.9. The van der Waals surface area contributed by atoms with Gasteiger partial charge in [0.25, 0.3) is 0 Å². The summed E-state index contributed by atoms with van der Waals surface area (Å²) in [5.74, 6) is 1.44. The normalized spacial score (nSPS) is 15.6. The number of hydrogen-bond donors (Lipinski definition) is 0. The maximum Gasteiger partial charge on any atom is 0.236 e. The van der Waals surface area contributed by atoms with Crippen LogP contribution in [0.3, 0.4) is 0 Å². The van der Waals surface area contributed by atoms with E-state index >= 15 is 0 Å². The number of piperazine rings is 1. The third-order valence-corrected chi connectivity index (χ3v) is 5.77. The number of aryl methyl sites for hydroxylation is 2. The van der Waals surface area contributed by atoms with Crippen LogP contribution in [0.2, 0.25) is 0 Å². The summed E-state index contributed by atoms with van der Waals surface area (Å²) in [6.07, 6.45) is 0. The van der Waals surface area contributed by atoms with E-state index in [2.05, 4.69) is 28.9 Å². The molecule has 0 aliphatic carbocycles. The Bertz CT molecular complexity index is 896. The lowest BCUT2D eigenvalue weighted by atomic mass is 10.2. The van der Waals surface area contributed by atoms with Gasteiger partial charge in [0, 0.05) is 37.6 Å². The third-order valence-electron chi connectivity index (χ3n) is 4.78. The first-order chi connectivity index (χ1) is 12.6. The summed E-state index contributed by atoms with van der Waals surface area (Å²) in [5, 5.41) is 0. The number of anilines is 1. The van der Waals surface area contributed by atoms with Gasteiger partial charge in [0.15, 0.2) is 0 Å². The molecule has 0 N–H and O–H groups in total. The van der Waals surface area contributed by atoms with Crippen molar-refractivity contribution in [1.82, 2.24) is 9.88 Å². The van der Waals surface area contributed by atoms with Crippen LogP contribution in [0.4, 0.5) is 10.1 Å². The molecule has 4 nitrogen and oxygen atoms in total. The monoisotopic (exact) mass is 371 g/mol. The second-order valence-electron chi connectivity index (χ2n) is 6.65. The van der Waals surface area contributed by atoms with Crippen molar-refractivity contribution in [2.45, 2.75) is 20.4 Å². The molecule has 0 saturated carbocycles. The molecule has 0 amide bonds. The molecule has 3 aromatic rings. The van der Waals surface area contributed by atoms with Crippen molar-refractivity contribution in [3.63, 3.8) is 0 Å². The summed E-state index contributed by atoms with van der Waals surface area (Å²) in [7, 11) is 0. The molecule has 0 atom stereocenters. The first kappa shape index (κ1) is 17.2. The van der Waals surface area contributed by atoms with E-state index in [1.54, 1.807) is 17.4 Å². The highest BCUT2D eigenvalue weighted by Gasteiger charge is 2.21. The van der Waals surface area contributed by atoms with Gasteiger partial charge < -0.3 is 9.32 Å². The number of oxazole rings is 1. The molecule has 1 aliphatic heterocycles. The van der Waals surface area contributed by atoms with Gasteiger partial charge in [-0.3, -0.25) is 4.90 Å². The standard InChI is InChI=1S/C20H22FN3OS/c1-14-7-8-19(26-14)20-22-17(15(2)25-20)13-23-9-11-24(12-10-23)18-6-4-3-5-16(18)21/h3-8H,9-13H2,1-2H3. The summed E-state index contributed by atoms with van der Waals surface area (Å²) >= 11 is 1.70. The van der Waals surface area contributed by atoms with Gasteiger partial charge in [0.1, 0.15) is 11.6 Å². The van der Waals surface area contributed by atoms with E-state index in [-0.39, 0.29) is 5.82 Å². The van der Waals surface area contributed by atoms with Crippen LogP contribution in [-0.2, 0) is 6.54 Å². The van der Waals surface area contributed by atoms with Crippen molar-refractivity contribution >= 4 is 17.0 Å². The lowest BCUT2D eigenvalue weighted by Gasteiger charge is -2.35. The van der Waals surface area contributed by atoms with E-state index in [1.807, 2.05) is 19.1 Å². The van der Waals surface area contributed by atoms with Gasteiger partial charge in [-0.2, -0.15) is 0 Å². The van der Waals surface area contributed by atoms with E-state index in [1.165, 1.54) is 10.9 Å². The number of hydrogen-bond acceptors (Lipinski definition) is 5. The first-order valence-electron chi connectivity index (χ1n) is 8.85. The van der Waals surface area contributed by atoms with E-state index in [0.717, 1.165) is 49.1 Å². The van der Waals surface area contributed by atoms with E-state index in [0.29, 0.717) is 11.6 Å². The molecule has 0 radical (unpaired) electrons. The van der Waals surface area contributed by atoms with Crippen LogP contribution >= 0.6 is 11.3 Å². The fraction of sp³-hybridized carbons (Fsp3) is 0.350. The number of aromatic nitrogens is 1. The van der Waals surface area contributed by atoms with Gasteiger partial charge >= 0.3 is 0 Å². The molecule has 0 unspecified atom stereocenters. The van der Waals surface area contributed by atoms with Crippen molar-refractivity contribution in [2.24, 2.45) is 0 Å². The fourth-order valence-electron chi connectivity index (χ4n) is 3.30. The zero-order chi connectivity index (χ0) is 18.1. The molecule has 1 aliphatic rings. The molecule has 3 heterocycles. The minimum Gasteiger partial charge on any atom is -0.440 e. The summed E-state index contributed by atoms with van der Waals surface area (Å²) in [4.78, 5) is 11.5. The maximum atomic E-state index is 14.0. The molecule has 6 heteroatoms. The van der Waals surface area contributed by atoms with Gasteiger partial charge in [-0.15, -0.1) is 11.3 Å². The largest absolute Gasteiger partial charge is 0.440 e. The Morgan fingerprint density at radius 2 is 1.85 bits per heavy atom. The van der Waals surface area contributed by atoms with Crippen LogP contribution in [0, 0.1) is 19.7 Å². The minimum absolute atomic E-state index is 0.149. The molecule has 136 valence electrons. The molecule has 4 rings (SSSR count). The number of rotatable bonds is 4. The van der Waals surface area contributed by atoms with Crippen LogP contribution < -0.4 is 4.90 Å². The molecule has 1 saturated heterocycles. The van der Waals surface area contributed by atoms with Crippen LogP contribution in [0.15, 0.2) is 40.8 Å². The molecular formula is C20H22FN3OS. The number of nitrogens with zero attached hydrogens (tertiary/aromatic N) is 3. The molecule has 1 fully saturated rings. The predicted molar refractivity (Wildman–Crippen MR) is 103 cm³/mol. The second-order valence-corrected chi connectivity index (χ2v) is 7.93. The Morgan fingerprint density at radius 1 is 1.08 bits per heavy atom. The highest BCUT2D eigenvalue weighted by molar-refractivity contribution is 7.15. The Kier molecular flexibility index (Phi) is 4.78. The van der Waals surface area contributed by atoms with Crippen LogP contribution in [-0.4, -0.2) is 36.1 Å². The highest BCUT2D eigenvalue weighted by atomic mass is 32.1. The number of halogens is 1. The van der Waals surface area contributed by atoms with Crippen molar-refractivity contribution in [3.05, 3.63) is 58.5 Å².